The lowest BCUT2D eigenvalue weighted by atomic mass is 10.4. The van der Waals surface area contributed by atoms with Crippen molar-refractivity contribution in [1.29, 1.82) is 0 Å². The molecule has 0 aliphatic rings. The molecule has 1 atom stereocenters. The van der Waals surface area contributed by atoms with Crippen LogP contribution in [-0.4, -0.2) is 27.5 Å². The quantitative estimate of drug-likeness (QED) is 0.607. The van der Waals surface area contributed by atoms with Crippen molar-refractivity contribution in [1.82, 2.24) is 9.55 Å². The number of nitrogens with zero attached hydrogens (tertiary/aromatic N) is 2. The van der Waals surface area contributed by atoms with Crippen molar-refractivity contribution in [3.05, 3.63) is 27.4 Å². The average Bonchev–Trinajstić information content (AvgIpc) is 2.23. The van der Waals surface area contributed by atoms with Crippen molar-refractivity contribution < 1.29 is 9.53 Å². The molecule has 0 N–H and O–H groups in total. The number of methoxy groups -OCH3 is 1. The van der Waals surface area contributed by atoms with Gasteiger partial charge < -0.3 is 4.74 Å². The van der Waals surface area contributed by atoms with Gasteiger partial charge in [-0.15, -0.1) is 0 Å². The van der Waals surface area contributed by atoms with Crippen LogP contribution in [-0.2, 0) is 16.1 Å². The predicted molar refractivity (Wildman–Crippen MR) is 60.9 cm³/mol. The molecule has 1 heterocycles. The van der Waals surface area contributed by atoms with Crippen molar-refractivity contribution in [2.24, 2.45) is 0 Å². The molecule has 0 radical (unpaired) electrons. The van der Waals surface area contributed by atoms with Crippen LogP contribution < -0.4 is 5.56 Å². The van der Waals surface area contributed by atoms with Crippen LogP contribution in [0.3, 0.4) is 0 Å². The van der Waals surface area contributed by atoms with Gasteiger partial charge in [-0.05, 0) is 15.9 Å². The van der Waals surface area contributed by atoms with Gasteiger partial charge >= 0.3 is 5.97 Å². The molecule has 0 bridgehead atoms. The number of halogens is 2. The zero-order valence-corrected chi connectivity index (χ0v) is 11.0. The highest BCUT2D eigenvalue weighted by Crippen LogP contribution is 2.05. The van der Waals surface area contributed by atoms with E-state index in [4.69, 9.17) is 0 Å². The maximum absolute atomic E-state index is 11.5. The van der Waals surface area contributed by atoms with Gasteiger partial charge in [0, 0.05) is 6.20 Å². The Hall–Kier alpha value is -0.690. The molecule has 1 rings (SSSR count). The van der Waals surface area contributed by atoms with E-state index < -0.39 is 10.8 Å². The summed E-state index contributed by atoms with van der Waals surface area (Å²) >= 11 is 6.18. The van der Waals surface area contributed by atoms with Crippen LogP contribution in [0.4, 0.5) is 0 Å². The Morgan fingerprint density at radius 1 is 1.73 bits per heavy atom. The number of hydrogen-bond donors (Lipinski definition) is 0. The van der Waals surface area contributed by atoms with Crippen LogP contribution in [0, 0.1) is 0 Å². The standard InChI is InChI=1S/C8H8Br2N2O3/c1-15-8(14)6(10)3-12-4-11-2-5(9)7(12)13/h2,4,6H,3H2,1H3. The summed E-state index contributed by atoms with van der Waals surface area (Å²) < 4.78 is 6.20. The van der Waals surface area contributed by atoms with Crippen molar-refractivity contribution >= 4 is 37.8 Å². The van der Waals surface area contributed by atoms with E-state index in [2.05, 4.69) is 41.6 Å². The normalized spacial score (nSPS) is 12.2. The number of esters is 1. The first-order valence-corrected chi connectivity index (χ1v) is 5.69. The Kier molecular flexibility index (Phi) is 4.46. The summed E-state index contributed by atoms with van der Waals surface area (Å²) in [6.45, 7) is 0.179. The van der Waals surface area contributed by atoms with E-state index >= 15 is 0 Å². The van der Waals surface area contributed by atoms with Gasteiger partial charge in [0.05, 0.1) is 20.0 Å². The van der Waals surface area contributed by atoms with Gasteiger partial charge in [0.15, 0.2) is 0 Å². The predicted octanol–water partition coefficient (Wildman–Crippen LogP) is 0.942. The SMILES string of the molecule is COC(=O)C(Br)Cn1cncc(Br)c1=O. The molecular formula is C8H8Br2N2O3. The Balaban J connectivity index is 2.86. The molecule has 0 aliphatic carbocycles. The number of aromatic nitrogens is 2. The molecule has 0 fully saturated rings. The zero-order chi connectivity index (χ0) is 11.4. The second-order valence-corrected chi connectivity index (χ2v) is 4.65. The minimum absolute atomic E-state index is 0.179. The Bertz CT molecular complexity index is 419. The van der Waals surface area contributed by atoms with E-state index in [0.717, 1.165) is 0 Å². The van der Waals surface area contributed by atoms with E-state index in [1.807, 2.05) is 0 Å². The third kappa shape index (κ3) is 3.13. The molecule has 15 heavy (non-hydrogen) atoms. The van der Waals surface area contributed by atoms with Crippen molar-refractivity contribution in [3.8, 4) is 0 Å². The zero-order valence-electron chi connectivity index (χ0n) is 7.81. The Morgan fingerprint density at radius 3 is 3.00 bits per heavy atom. The second-order valence-electron chi connectivity index (χ2n) is 2.69. The lowest BCUT2D eigenvalue weighted by Gasteiger charge is -2.09. The van der Waals surface area contributed by atoms with E-state index in [9.17, 15) is 9.59 Å². The molecule has 1 aromatic rings. The lowest BCUT2D eigenvalue weighted by molar-refractivity contribution is -0.140. The number of carbonyl (C=O) groups is 1. The second kappa shape index (κ2) is 5.41. The van der Waals surface area contributed by atoms with Crippen LogP contribution in [0.1, 0.15) is 0 Å². The minimum Gasteiger partial charge on any atom is -0.468 e. The van der Waals surface area contributed by atoms with Crippen molar-refractivity contribution in [2.75, 3.05) is 7.11 Å². The topological polar surface area (TPSA) is 61.2 Å². The summed E-state index contributed by atoms with van der Waals surface area (Å²) in [5, 5.41) is 0. The maximum Gasteiger partial charge on any atom is 0.321 e. The van der Waals surface area contributed by atoms with Gasteiger partial charge in [-0.1, -0.05) is 15.9 Å². The smallest absolute Gasteiger partial charge is 0.321 e. The maximum atomic E-state index is 11.5. The highest BCUT2D eigenvalue weighted by atomic mass is 79.9. The van der Waals surface area contributed by atoms with E-state index in [0.29, 0.717) is 4.47 Å². The van der Waals surface area contributed by atoms with E-state index in [1.54, 1.807) is 0 Å². The fourth-order valence-corrected chi connectivity index (χ4v) is 1.77. The molecule has 0 aromatic carbocycles. The van der Waals surface area contributed by atoms with Crippen LogP contribution in [0.25, 0.3) is 0 Å². The van der Waals surface area contributed by atoms with Gasteiger partial charge in [0.2, 0.25) is 0 Å². The fraction of sp³-hybridized carbons (Fsp3) is 0.375. The highest BCUT2D eigenvalue weighted by Gasteiger charge is 2.16. The first-order chi connectivity index (χ1) is 7.06. The first-order valence-electron chi connectivity index (χ1n) is 3.98. The Morgan fingerprint density at radius 2 is 2.40 bits per heavy atom. The van der Waals surface area contributed by atoms with Crippen LogP contribution in [0.2, 0.25) is 0 Å². The molecular weight excluding hydrogens is 332 g/mol. The fourth-order valence-electron chi connectivity index (χ4n) is 0.929. The monoisotopic (exact) mass is 338 g/mol. The molecule has 0 aliphatic heterocycles. The summed E-state index contributed by atoms with van der Waals surface area (Å²) in [5.74, 6) is -0.429. The summed E-state index contributed by atoms with van der Waals surface area (Å²) in [4.78, 5) is 25.9. The summed E-state index contributed by atoms with van der Waals surface area (Å²) in [7, 11) is 1.29. The van der Waals surface area contributed by atoms with Crippen molar-refractivity contribution in [3.63, 3.8) is 0 Å². The molecule has 0 amide bonds. The number of rotatable bonds is 3. The average molecular weight is 340 g/mol. The number of alkyl halides is 1. The molecule has 1 unspecified atom stereocenters. The lowest BCUT2D eigenvalue weighted by Crippen LogP contribution is -2.29. The number of carbonyl (C=O) groups excluding carboxylic acids is 1. The first kappa shape index (κ1) is 12.4. The van der Waals surface area contributed by atoms with Crippen LogP contribution in [0.15, 0.2) is 21.8 Å². The third-order valence-corrected chi connectivity index (χ3v) is 2.88. The van der Waals surface area contributed by atoms with Gasteiger partial charge in [-0.2, -0.15) is 0 Å². The van der Waals surface area contributed by atoms with Crippen LogP contribution >= 0.6 is 31.9 Å². The molecule has 5 nitrogen and oxygen atoms in total. The molecule has 7 heteroatoms. The summed E-state index contributed by atoms with van der Waals surface area (Å²) in [6.07, 6.45) is 2.77. The molecule has 1 aromatic heterocycles. The number of ether oxygens (including phenoxy) is 1. The van der Waals surface area contributed by atoms with Gasteiger partial charge in [-0.3, -0.25) is 14.2 Å². The summed E-state index contributed by atoms with van der Waals surface area (Å²) in [5.41, 5.74) is -0.238. The summed E-state index contributed by atoms with van der Waals surface area (Å²) in [6, 6.07) is 0. The third-order valence-electron chi connectivity index (χ3n) is 1.67. The van der Waals surface area contributed by atoms with Gasteiger partial charge in [0.1, 0.15) is 9.30 Å². The largest absolute Gasteiger partial charge is 0.468 e. The van der Waals surface area contributed by atoms with E-state index in [1.165, 1.54) is 24.2 Å². The van der Waals surface area contributed by atoms with Crippen molar-refractivity contribution in [2.45, 2.75) is 11.4 Å². The van der Waals surface area contributed by atoms with Crippen LogP contribution in [0.5, 0.6) is 0 Å². The molecule has 0 spiro atoms. The molecule has 0 saturated heterocycles. The van der Waals surface area contributed by atoms with Gasteiger partial charge in [-0.25, -0.2) is 4.98 Å². The number of hydrogen-bond acceptors (Lipinski definition) is 4. The molecule has 82 valence electrons. The molecule has 0 saturated carbocycles. The Labute approximate surface area is 103 Å². The minimum atomic E-state index is -0.559. The van der Waals surface area contributed by atoms with Gasteiger partial charge in [0.25, 0.3) is 5.56 Å². The van der Waals surface area contributed by atoms with E-state index in [-0.39, 0.29) is 12.1 Å². The highest BCUT2D eigenvalue weighted by molar-refractivity contribution is 9.10.